The molecule has 35 heavy (non-hydrogen) atoms. The summed E-state index contributed by atoms with van der Waals surface area (Å²) in [5.74, 6) is 0.0590. The van der Waals surface area contributed by atoms with E-state index in [-0.39, 0.29) is 16.5 Å². The molecule has 2 aliphatic rings. The zero-order valence-corrected chi connectivity index (χ0v) is 20.0. The van der Waals surface area contributed by atoms with Crippen molar-refractivity contribution in [1.29, 1.82) is 0 Å². The average Bonchev–Trinajstić information content (AvgIpc) is 2.92. The Morgan fingerprint density at radius 3 is 2.29 bits per heavy atom. The Bertz CT molecular complexity index is 1230. The molecule has 180 valence electrons. The van der Waals surface area contributed by atoms with E-state index in [1.165, 1.54) is 16.7 Å². The summed E-state index contributed by atoms with van der Waals surface area (Å²) in [5.41, 5.74) is 6.24. The molecule has 2 aliphatic heterocycles. The van der Waals surface area contributed by atoms with Crippen LogP contribution in [-0.4, -0.2) is 48.5 Å². The molecule has 0 aromatic heterocycles. The monoisotopic (exact) mass is 470 g/mol. The van der Waals surface area contributed by atoms with E-state index in [2.05, 4.69) is 28.9 Å². The number of rotatable bonds is 5. The predicted octanol–water partition coefficient (Wildman–Crippen LogP) is 4.68. The highest BCUT2D eigenvalue weighted by Crippen LogP contribution is 2.35. The van der Waals surface area contributed by atoms with Gasteiger partial charge in [-0.25, -0.2) is 0 Å². The molecular formula is C28H30N4O3. The Balaban J connectivity index is 1.31. The van der Waals surface area contributed by atoms with Gasteiger partial charge in [0.2, 0.25) is 0 Å². The molecule has 7 nitrogen and oxygen atoms in total. The van der Waals surface area contributed by atoms with Gasteiger partial charge < -0.3 is 14.7 Å². The van der Waals surface area contributed by atoms with E-state index in [9.17, 15) is 14.9 Å². The van der Waals surface area contributed by atoms with Crippen LogP contribution >= 0.6 is 0 Å². The number of hydrogen-bond donors (Lipinski definition) is 0. The van der Waals surface area contributed by atoms with Gasteiger partial charge in [0, 0.05) is 56.6 Å². The summed E-state index contributed by atoms with van der Waals surface area (Å²) >= 11 is 0. The maximum absolute atomic E-state index is 12.9. The molecule has 2 heterocycles. The topological polar surface area (TPSA) is 69.9 Å². The molecule has 1 saturated heterocycles. The fourth-order valence-electron chi connectivity index (χ4n) is 5.05. The highest BCUT2D eigenvalue weighted by atomic mass is 16.6. The van der Waals surface area contributed by atoms with Crippen LogP contribution in [0.1, 0.15) is 34.0 Å². The number of anilines is 2. The Kier molecular flexibility index (Phi) is 6.40. The zero-order valence-electron chi connectivity index (χ0n) is 20.0. The maximum atomic E-state index is 12.9. The van der Waals surface area contributed by atoms with Gasteiger partial charge in [-0.2, -0.15) is 0 Å². The quantitative estimate of drug-likeness (QED) is 0.400. The lowest BCUT2D eigenvalue weighted by Crippen LogP contribution is -2.48. The van der Waals surface area contributed by atoms with Crippen LogP contribution in [0.4, 0.5) is 17.1 Å². The van der Waals surface area contributed by atoms with Crippen LogP contribution in [-0.2, 0) is 19.4 Å². The van der Waals surface area contributed by atoms with Crippen molar-refractivity contribution in [3.8, 4) is 0 Å². The molecule has 0 unspecified atom stereocenters. The smallest absolute Gasteiger partial charge is 0.292 e. The van der Waals surface area contributed by atoms with Crippen molar-refractivity contribution < 1.29 is 9.72 Å². The highest BCUT2D eigenvalue weighted by molar-refractivity contribution is 5.94. The van der Waals surface area contributed by atoms with E-state index in [1.54, 1.807) is 6.07 Å². The number of nitrogens with zero attached hydrogens (tertiary/aromatic N) is 4. The fraction of sp³-hybridized carbons (Fsp3) is 0.321. The molecule has 0 N–H and O–H groups in total. The van der Waals surface area contributed by atoms with Gasteiger partial charge in [-0.3, -0.25) is 14.9 Å². The van der Waals surface area contributed by atoms with Crippen molar-refractivity contribution in [3.05, 3.63) is 99.1 Å². The molecule has 1 amide bonds. The summed E-state index contributed by atoms with van der Waals surface area (Å²) in [6.45, 7) is 6.15. The van der Waals surface area contributed by atoms with Crippen molar-refractivity contribution in [2.24, 2.45) is 0 Å². The zero-order chi connectivity index (χ0) is 24.4. The van der Waals surface area contributed by atoms with Gasteiger partial charge in [0.15, 0.2) is 0 Å². The Labute approximate surface area is 205 Å². The van der Waals surface area contributed by atoms with Crippen molar-refractivity contribution in [3.63, 3.8) is 0 Å². The van der Waals surface area contributed by atoms with Crippen LogP contribution in [0.25, 0.3) is 0 Å². The van der Waals surface area contributed by atoms with E-state index in [1.807, 2.05) is 53.4 Å². The van der Waals surface area contributed by atoms with Gasteiger partial charge in [-0.15, -0.1) is 0 Å². The number of nitro groups is 1. The number of hydrogen-bond acceptors (Lipinski definition) is 5. The second-order valence-corrected chi connectivity index (χ2v) is 9.20. The second kappa shape index (κ2) is 9.78. The van der Waals surface area contributed by atoms with Gasteiger partial charge in [-0.1, -0.05) is 43.3 Å². The fourth-order valence-corrected chi connectivity index (χ4v) is 5.05. The standard InChI is InChI=1S/C28H30N4O3/c1-2-21-7-9-23(10-8-21)28(33)30-17-15-29(16-18-30)25-11-12-26(32(34)35)27(19-25)31-14-13-22-5-3-4-6-24(22)20-31/h3-12,19H,2,13-18,20H2,1H3. The SMILES string of the molecule is CCc1ccc(C(=O)N2CCN(c3ccc([N+](=O)[O-])c(N4CCc5ccccc5C4)c3)CC2)cc1. The summed E-state index contributed by atoms with van der Waals surface area (Å²) in [5, 5.41) is 11.8. The lowest BCUT2D eigenvalue weighted by atomic mass is 9.99. The Morgan fingerprint density at radius 2 is 1.60 bits per heavy atom. The summed E-state index contributed by atoms with van der Waals surface area (Å²) in [6, 6.07) is 21.6. The van der Waals surface area contributed by atoms with E-state index in [0.717, 1.165) is 30.6 Å². The number of amides is 1. The van der Waals surface area contributed by atoms with Crippen molar-refractivity contribution >= 4 is 23.0 Å². The summed E-state index contributed by atoms with van der Waals surface area (Å²) in [4.78, 5) is 30.7. The first-order valence-electron chi connectivity index (χ1n) is 12.3. The van der Waals surface area contributed by atoms with Crippen molar-refractivity contribution in [2.45, 2.75) is 26.3 Å². The van der Waals surface area contributed by atoms with Crippen LogP contribution in [0, 0.1) is 10.1 Å². The molecule has 3 aromatic rings. The first-order chi connectivity index (χ1) is 17.0. The average molecular weight is 471 g/mol. The third-order valence-electron chi connectivity index (χ3n) is 7.17. The lowest BCUT2D eigenvalue weighted by Gasteiger charge is -2.37. The van der Waals surface area contributed by atoms with E-state index < -0.39 is 0 Å². The third-order valence-corrected chi connectivity index (χ3v) is 7.17. The van der Waals surface area contributed by atoms with Crippen molar-refractivity contribution in [1.82, 2.24) is 4.90 Å². The number of nitro benzene ring substituents is 1. The molecule has 1 fully saturated rings. The molecule has 5 rings (SSSR count). The van der Waals surface area contributed by atoms with Gasteiger partial charge in [0.1, 0.15) is 5.69 Å². The first kappa shape index (κ1) is 22.9. The minimum absolute atomic E-state index is 0.0590. The number of aryl methyl sites for hydroxylation is 1. The number of piperazine rings is 1. The summed E-state index contributed by atoms with van der Waals surface area (Å²) in [6.07, 6.45) is 1.83. The van der Waals surface area contributed by atoms with Gasteiger partial charge >= 0.3 is 0 Å². The van der Waals surface area contributed by atoms with Crippen LogP contribution < -0.4 is 9.80 Å². The van der Waals surface area contributed by atoms with Crippen molar-refractivity contribution in [2.75, 3.05) is 42.5 Å². The lowest BCUT2D eigenvalue weighted by molar-refractivity contribution is -0.384. The van der Waals surface area contributed by atoms with Crippen LogP contribution in [0.5, 0.6) is 0 Å². The molecule has 0 bridgehead atoms. The van der Waals surface area contributed by atoms with Crippen LogP contribution in [0.2, 0.25) is 0 Å². The van der Waals surface area contributed by atoms with E-state index >= 15 is 0 Å². The Morgan fingerprint density at radius 1 is 0.886 bits per heavy atom. The van der Waals surface area contributed by atoms with Gasteiger partial charge in [-0.05, 0) is 53.8 Å². The van der Waals surface area contributed by atoms with Gasteiger partial charge in [0.05, 0.1) is 4.92 Å². The molecule has 3 aromatic carbocycles. The van der Waals surface area contributed by atoms with Crippen LogP contribution in [0.3, 0.4) is 0 Å². The van der Waals surface area contributed by atoms with E-state index in [4.69, 9.17) is 0 Å². The largest absolute Gasteiger partial charge is 0.368 e. The highest BCUT2D eigenvalue weighted by Gasteiger charge is 2.27. The minimum atomic E-state index is -0.292. The molecule has 0 atom stereocenters. The molecule has 0 saturated carbocycles. The van der Waals surface area contributed by atoms with Crippen LogP contribution in [0.15, 0.2) is 66.7 Å². The molecule has 0 spiro atoms. The molecule has 7 heteroatoms. The number of benzene rings is 3. The second-order valence-electron chi connectivity index (χ2n) is 9.20. The number of fused-ring (bicyclic) bond motifs is 1. The molecular weight excluding hydrogens is 440 g/mol. The van der Waals surface area contributed by atoms with Gasteiger partial charge in [0.25, 0.3) is 11.6 Å². The molecule has 0 radical (unpaired) electrons. The van der Waals surface area contributed by atoms with E-state index in [0.29, 0.717) is 38.4 Å². The summed E-state index contributed by atoms with van der Waals surface area (Å²) < 4.78 is 0. The minimum Gasteiger partial charge on any atom is -0.368 e. The maximum Gasteiger partial charge on any atom is 0.292 e. The molecule has 0 aliphatic carbocycles. The number of carbonyl (C=O) groups excluding carboxylic acids is 1. The Hall–Kier alpha value is -3.87. The summed E-state index contributed by atoms with van der Waals surface area (Å²) in [7, 11) is 0. The predicted molar refractivity (Wildman–Crippen MR) is 138 cm³/mol. The third kappa shape index (κ3) is 4.71. The first-order valence-corrected chi connectivity index (χ1v) is 12.3. The number of carbonyl (C=O) groups is 1. The normalized spacial score (nSPS) is 15.6.